The third-order valence-corrected chi connectivity index (χ3v) is 4.05. The first-order chi connectivity index (χ1) is 12.5. The molecule has 0 unspecified atom stereocenters. The highest BCUT2D eigenvalue weighted by Crippen LogP contribution is 2.27. The number of carboxylic acids is 1. The van der Waals surface area contributed by atoms with E-state index in [1.165, 1.54) is 11.9 Å². The van der Waals surface area contributed by atoms with Gasteiger partial charge in [-0.15, -0.1) is 0 Å². The standard InChI is InChI=1S/C20H18N2O4/c1-22(12-19(23)24)20(25)16-11-18(13-7-9-14(26-2)10-8-13)21-17-6-4-3-5-15(16)17/h3-11H,12H2,1-2H3,(H,23,24). The van der Waals surface area contributed by atoms with Crippen LogP contribution in [0.1, 0.15) is 10.4 Å². The number of fused-ring (bicyclic) bond motifs is 1. The predicted molar refractivity (Wildman–Crippen MR) is 98.3 cm³/mol. The second kappa shape index (κ2) is 7.23. The molecule has 0 aliphatic carbocycles. The molecule has 0 spiro atoms. The Labute approximate surface area is 150 Å². The Morgan fingerprint density at radius 1 is 1.12 bits per heavy atom. The summed E-state index contributed by atoms with van der Waals surface area (Å²) in [5, 5.41) is 9.64. The zero-order valence-corrected chi connectivity index (χ0v) is 14.5. The minimum absolute atomic E-state index is 0.360. The number of aromatic nitrogens is 1. The number of hydrogen-bond acceptors (Lipinski definition) is 4. The Kier molecular flexibility index (Phi) is 4.84. The van der Waals surface area contributed by atoms with Gasteiger partial charge >= 0.3 is 5.97 Å². The summed E-state index contributed by atoms with van der Waals surface area (Å²) in [6.07, 6.45) is 0. The first kappa shape index (κ1) is 17.4. The fraction of sp³-hybridized carbons (Fsp3) is 0.150. The van der Waals surface area contributed by atoms with Crippen molar-refractivity contribution >= 4 is 22.8 Å². The lowest BCUT2D eigenvalue weighted by Crippen LogP contribution is -2.32. The van der Waals surface area contributed by atoms with Crippen molar-refractivity contribution in [3.8, 4) is 17.0 Å². The number of aliphatic carboxylic acids is 1. The number of pyridine rings is 1. The molecule has 1 aromatic heterocycles. The lowest BCUT2D eigenvalue weighted by molar-refractivity contribution is -0.137. The maximum absolute atomic E-state index is 12.8. The highest BCUT2D eigenvalue weighted by Gasteiger charge is 2.19. The smallest absolute Gasteiger partial charge is 0.323 e. The van der Waals surface area contributed by atoms with Gasteiger partial charge in [-0.1, -0.05) is 18.2 Å². The van der Waals surface area contributed by atoms with E-state index in [0.717, 1.165) is 11.3 Å². The minimum atomic E-state index is -1.06. The second-order valence-corrected chi connectivity index (χ2v) is 5.86. The highest BCUT2D eigenvalue weighted by atomic mass is 16.5. The van der Waals surface area contributed by atoms with Crippen LogP contribution in [-0.4, -0.2) is 47.6 Å². The van der Waals surface area contributed by atoms with Crippen molar-refractivity contribution < 1.29 is 19.4 Å². The van der Waals surface area contributed by atoms with E-state index >= 15 is 0 Å². The lowest BCUT2D eigenvalue weighted by Gasteiger charge is -2.17. The maximum atomic E-state index is 12.8. The van der Waals surface area contributed by atoms with Crippen LogP contribution in [0.2, 0.25) is 0 Å². The monoisotopic (exact) mass is 350 g/mol. The molecule has 2 aromatic carbocycles. The number of amides is 1. The molecule has 0 fully saturated rings. The first-order valence-electron chi connectivity index (χ1n) is 8.01. The minimum Gasteiger partial charge on any atom is -0.497 e. The number of rotatable bonds is 5. The number of carbonyl (C=O) groups excluding carboxylic acids is 1. The highest BCUT2D eigenvalue weighted by molar-refractivity contribution is 6.07. The van der Waals surface area contributed by atoms with Crippen molar-refractivity contribution in [1.29, 1.82) is 0 Å². The van der Waals surface area contributed by atoms with Gasteiger partial charge in [-0.2, -0.15) is 0 Å². The Balaban J connectivity index is 2.11. The van der Waals surface area contributed by atoms with E-state index in [1.54, 1.807) is 13.2 Å². The molecule has 26 heavy (non-hydrogen) atoms. The van der Waals surface area contributed by atoms with Gasteiger partial charge in [0.15, 0.2) is 0 Å². The number of carboxylic acid groups (broad SMARTS) is 1. The Morgan fingerprint density at radius 3 is 2.46 bits per heavy atom. The summed E-state index contributed by atoms with van der Waals surface area (Å²) < 4.78 is 5.17. The first-order valence-corrected chi connectivity index (χ1v) is 8.01. The van der Waals surface area contributed by atoms with E-state index in [9.17, 15) is 9.59 Å². The average Bonchev–Trinajstić information content (AvgIpc) is 2.66. The van der Waals surface area contributed by atoms with Gasteiger partial charge in [0.1, 0.15) is 12.3 Å². The average molecular weight is 350 g/mol. The molecular weight excluding hydrogens is 332 g/mol. The number of hydrogen-bond donors (Lipinski definition) is 1. The number of ether oxygens (including phenoxy) is 1. The summed E-state index contributed by atoms with van der Waals surface area (Å²) in [5.74, 6) is -0.692. The van der Waals surface area contributed by atoms with E-state index in [2.05, 4.69) is 4.98 Å². The largest absolute Gasteiger partial charge is 0.497 e. The van der Waals surface area contributed by atoms with Crippen LogP contribution >= 0.6 is 0 Å². The summed E-state index contributed by atoms with van der Waals surface area (Å²) in [6.45, 7) is -0.368. The van der Waals surface area contributed by atoms with Gasteiger partial charge in [-0.3, -0.25) is 9.59 Å². The molecule has 1 amide bonds. The van der Waals surface area contributed by atoms with Gasteiger partial charge in [0.2, 0.25) is 0 Å². The van der Waals surface area contributed by atoms with Crippen molar-refractivity contribution in [2.45, 2.75) is 0 Å². The van der Waals surface area contributed by atoms with Crippen LogP contribution < -0.4 is 4.74 Å². The molecule has 0 aliphatic rings. The number of para-hydroxylation sites is 1. The van der Waals surface area contributed by atoms with E-state index < -0.39 is 5.97 Å². The molecule has 0 saturated heterocycles. The molecule has 0 bridgehead atoms. The fourth-order valence-electron chi connectivity index (χ4n) is 2.74. The predicted octanol–water partition coefficient (Wildman–Crippen LogP) is 3.07. The van der Waals surface area contributed by atoms with Gasteiger partial charge in [0.25, 0.3) is 5.91 Å². The summed E-state index contributed by atoms with van der Waals surface area (Å²) >= 11 is 0. The maximum Gasteiger partial charge on any atom is 0.323 e. The molecule has 0 aliphatic heterocycles. The van der Waals surface area contributed by atoms with E-state index in [1.807, 2.05) is 48.5 Å². The van der Waals surface area contributed by atoms with Crippen LogP contribution in [0.5, 0.6) is 5.75 Å². The van der Waals surface area contributed by atoms with Crippen molar-refractivity contribution in [1.82, 2.24) is 9.88 Å². The van der Waals surface area contributed by atoms with Crippen LogP contribution in [0.15, 0.2) is 54.6 Å². The van der Waals surface area contributed by atoms with Crippen LogP contribution in [-0.2, 0) is 4.79 Å². The van der Waals surface area contributed by atoms with Gasteiger partial charge in [-0.25, -0.2) is 4.98 Å². The van der Waals surface area contributed by atoms with Gasteiger partial charge in [-0.05, 0) is 36.4 Å². The molecule has 0 atom stereocenters. The normalized spacial score (nSPS) is 10.5. The van der Waals surface area contributed by atoms with E-state index in [4.69, 9.17) is 9.84 Å². The number of nitrogens with zero attached hydrogens (tertiary/aromatic N) is 2. The van der Waals surface area contributed by atoms with Crippen LogP contribution in [0, 0.1) is 0 Å². The van der Waals surface area contributed by atoms with Crippen molar-refractivity contribution in [3.63, 3.8) is 0 Å². The number of methoxy groups -OCH3 is 1. The molecule has 3 aromatic rings. The third-order valence-electron chi connectivity index (χ3n) is 4.05. The zero-order valence-electron chi connectivity index (χ0n) is 14.5. The fourth-order valence-corrected chi connectivity index (χ4v) is 2.74. The number of benzene rings is 2. The van der Waals surface area contributed by atoms with Crippen molar-refractivity contribution in [2.24, 2.45) is 0 Å². The molecule has 3 rings (SSSR count). The SMILES string of the molecule is COc1ccc(-c2cc(C(=O)N(C)CC(=O)O)c3ccccc3n2)cc1. The molecule has 0 saturated carbocycles. The Hall–Kier alpha value is -3.41. The molecular formula is C20H18N2O4. The van der Waals surface area contributed by atoms with Crippen molar-refractivity contribution in [3.05, 3.63) is 60.2 Å². The van der Waals surface area contributed by atoms with E-state index in [0.29, 0.717) is 22.2 Å². The van der Waals surface area contributed by atoms with Crippen LogP contribution in [0.4, 0.5) is 0 Å². The summed E-state index contributed by atoms with van der Waals surface area (Å²) in [5.41, 5.74) is 2.57. The molecule has 1 heterocycles. The summed E-state index contributed by atoms with van der Waals surface area (Å²) in [7, 11) is 3.07. The van der Waals surface area contributed by atoms with Crippen molar-refractivity contribution in [2.75, 3.05) is 20.7 Å². The summed E-state index contributed by atoms with van der Waals surface area (Å²) in [4.78, 5) is 29.6. The Morgan fingerprint density at radius 2 is 1.81 bits per heavy atom. The lowest BCUT2D eigenvalue weighted by atomic mass is 10.0. The molecule has 6 nitrogen and oxygen atoms in total. The number of likely N-dealkylation sites (N-methyl/N-ethyl adjacent to an activating group) is 1. The van der Waals surface area contributed by atoms with Crippen LogP contribution in [0.3, 0.4) is 0 Å². The topological polar surface area (TPSA) is 79.7 Å². The summed E-state index contributed by atoms with van der Waals surface area (Å²) in [6, 6.07) is 16.4. The zero-order chi connectivity index (χ0) is 18.7. The quantitative estimate of drug-likeness (QED) is 0.765. The van der Waals surface area contributed by atoms with Gasteiger partial charge < -0.3 is 14.7 Å². The van der Waals surface area contributed by atoms with Crippen LogP contribution in [0.25, 0.3) is 22.2 Å². The van der Waals surface area contributed by atoms with Gasteiger partial charge in [0, 0.05) is 18.0 Å². The molecule has 1 N–H and O–H groups in total. The molecule has 132 valence electrons. The second-order valence-electron chi connectivity index (χ2n) is 5.86. The number of carbonyl (C=O) groups is 2. The van der Waals surface area contributed by atoms with Gasteiger partial charge in [0.05, 0.1) is 23.9 Å². The van der Waals surface area contributed by atoms with E-state index in [-0.39, 0.29) is 12.5 Å². The molecule has 0 radical (unpaired) electrons. The molecule has 6 heteroatoms. The Bertz CT molecular complexity index is 967. The third kappa shape index (κ3) is 3.49.